The molecule has 1 aromatic heterocycles. The molecule has 1 saturated heterocycles. The summed E-state index contributed by atoms with van der Waals surface area (Å²) in [6.07, 6.45) is 2.41. The van der Waals surface area contributed by atoms with Crippen LogP contribution < -0.4 is 4.74 Å². The number of pyridine rings is 1. The predicted octanol–water partition coefficient (Wildman–Crippen LogP) is 3.94. The molecule has 150 valence electrons. The Morgan fingerprint density at radius 2 is 1.96 bits per heavy atom. The average molecular weight is 384 g/mol. The number of hydrogen-bond acceptors (Lipinski definition) is 5. The Bertz CT molecular complexity index is 771. The van der Waals surface area contributed by atoms with E-state index in [0.717, 1.165) is 18.4 Å². The average Bonchev–Trinajstić information content (AvgIpc) is 3.14. The molecule has 1 aliphatic rings. The molecule has 6 heteroatoms. The number of rotatable bonds is 5. The molecule has 1 fully saturated rings. The highest BCUT2D eigenvalue weighted by Gasteiger charge is 2.32. The number of hydrogen-bond donors (Lipinski definition) is 1. The van der Waals surface area contributed by atoms with Crippen LogP contribution >= 0.6 is 0 Å². The molecule has 1 N–H and O–H groups in total. The molecular weight excluding hydrogens is 356 g/mol. The fraction of sp³-hybridized carbons (Fsp3) is 0.455. The number of aliphatic hydroxyl groups is 1. The summed E-state index contributed by atoms with van der Waals surface area (Å²) >= 11 is 0. The van der Waals surface area contributed by atoms with Crippen molar-refractivity contribution in [1.29, 1.82) is 0 Å². The second-order valence-electron chi connectivity index (χ2n) is 8.02. The number of likely N-dealkylation sites (tertiary alicyclic amines) is 1. The third-order valence-corrected chi connectivity index (χ3v) is 4.62. The lowest BCUT2D eigenvalue weighted by Crippen LogP contribution is -2.42. The first-order valence-corrected chi connectivity index (χ1v) is 9.65. The number of aromatic nitrogens is 1. The van der Waals surface area contributed by atoms with Crippen LogP contribution in [0.1, 0.15) is 50.8 Å². The van der Waals surface area contributed by atoms with Crippen LogP contribution in [0.15, 0.2) is 48.7 Å². The molecule has 0 saturated carbocycles. The van der Waals surface area contributed by atoms with Crippen LogP contribution in [0.2, 0.25) is 0 Å². The standard InChI is InChI=1S/C22H28N2O4/c1-22(2,3)28-21(26)24-13-7-10-18(24)15-27-19-12-11-17(14-23-19)20(25)16-8-5-4-6-9-16/h4-6,8-9,11-12,14,18,20,25H,7,10,13,15H2,1-3H3/t18?,20-/m1/s1. The molecule has 6 nitrogen and oxygen atoms in total. The van der Waals surface area contributed by atoms with Crippen LogP contribution in [-0.4, -0.2) is 45.9 Å². The van der Waals surface area contributed by atoms with Crippen molar-refractivity contribution in [2.45, 2.75) is 51.4 Å². The van der Waals surface area contributed by atoms with Crippen molar-refractivity contribution >= 4 is 6.09 Å². The van der Waals surface area contributed by atoms with Gasteiger partial charge >= 0.3 is 6.09 Å². The highest BCUT2D eigenvalue weighted by atomic mass is 16.6. The summed E-state index contributed by atoms with van der Waals surface area (Å²) in [4.78, 5) is 18.4. The maximum absolute atomic E-state index is 12.3. The molecule has 28 heavy (non-hydrogen) atoms. The molecule has 0 spiro atoms. The first-order chi connectivity index (χ1) is 13.3. The number of nitrogens with zero attached hydrogens (tertiary/aromatic N) is 2. The van der Waals surface area contributed by atoms with E-state index >= 15 is 0 Å². The van der Waals surface area contributed by atoms with Crippen molar-refractivity contribution in [1.82, 2.24) is 9.88 Å². The third kappa shape index (κ3) is 5.23. The Morgan fingerprint density at radius 1 is 1.21 bits per heavy atom. The monoisotopic (exact) mass is 384 g/mol. The van der Waals surface area contributed by atoms with Crippen molar-refractivity contribution < 1.29 is 19.4 Å². The van der Waals surface area contributed by atoms with Crippen LogP contribution in [-0.2, 0) is 4.74 Å². The van der Waals surface area contributed by atoms with E-state index in [0.29, 0.717) is 24.6 Å². The molecule has 2 heterocycles. The van der Waals surface area contributed by atoms with Gasteiger partial charge in [-0.2, -0.15) is 0 Å². The second-order valence-corrected chi connectivity index (χ2v) is 8.02. The van der Waals surface area contributed by atoms with Crippen LogP contribution in [0.5, 0.6) is 5.88 Å². The Labute approximate surface area is 166 Å². The van der Waals surface area contributed by atoms with Gasteiger partial charge in [0, 0.05) is 24.4 Å². The molecule has 1 unspecified atom stereocenters. The largest absolute Gasteiger partial charge is 0.475 e. The van der Waals surface area contributed by atoms with Crippen molar-refractivity contribution in [3.05, 3.63) is 59.8 Å². The van der Waals surface area contributed by atoms with Gasteiger partial charge in [0.2, 0.25) is 5.88 Å². The normalized spacial score (nSPS) is 18.0. The third-order valence-electron chi connectivity index (χ3n) is 4.62. The first-order valence-electron chi connectivity index (χ1n) is 9.65. The summed E-state index contributed by atoms with van der Waals surface area (Å²) in [6, 6.07) is 13.0. The Kier molecular flexibility index (Phi) is 6.19. The molecule has 3 rings (SSSR count). The Balaban J connectivity index is 1.56. The van der Waals surface area contributed by atoms with Gasteiger partial charge in [0.15, 0.2) is 0 Å². The van der Waals surface area contributed by atoms with E-state index in [1.165, 1.54) is 0 Å². The zero-order chi connectivity index (χ0) is 20.1. The van der Waals surface area contributed by atoms with Gasteiger partial charge in [-0.1, -0.05) is 30.3 Å². The van der Waals surface area contributed by atoms with Crippen molar-refractivity contribution in [3.63, 3.8) is 0 Å². The predicted molar refractivity (Wildman–Crippen MR) is 106 cm³/mol. The molecular formula is C22H28N2O4. The number of benzene rings is 1. The van der Waals surface area contributed by atoms with E-state index in [4.69, 9.17) is 9.47 Å². The van der Waals surface area contributed by atoms with Gasteiger partial charge in [0.1, 0.15) is 18.3 Å². The number of ether oxygens (including phenoxy) is 2. The molecule has 0 radical (unpaired) electrons. The maximum atomic E-state index is 12.3. The SMILES string of the molecule is CC(C)(C)OC(=O)N1CCCC1COc1ccc([C@H](O)c2ccccc2)cn1. The molecule has 1 aliphatic heterocycles. The van der Waals surface area contributed by atoms with Crippen molar-refractivity contribution in [3.8, 4) is 5.88 Å². The summed E-state index contributed by atoms with van der Waals surface area (Å²) in [6.45, 7) is 6.64. The minimum Gasteiger partial charge on any atom is -0.475 e. The van der Waals surface area contributed by atoms with Gasteiger partial charge in [-0.15, -0.1) is 0 Å². The quantitative estimate of drug-likeness (QED) is 0.845. The first kappa shape index (κ1) is 20.1. The van der Waals surface area contributed by atoms with Gasteiger partial charge in [0.05, 0.1) is 6.04 Å². The molecule has 0 aliphatic carbocycles. The van der Waals surface area contributed by atoms with E-state index in [1.807, 2.05) is 51.1 Å². The summed E-state index contributed by atoms with van der Waals surface area (Å²) in [5, 5.41) is 10.4. The van der Waals surface area contributed by atoms with Crippen LogP contribution in [0.4, 0.5) is 4.79 Å². The molecule has 2 aromatic rings. The Hall–Kier alpha value is -2.60. The fourth-order valence-electron chi connectivity index (χ4n) is 3.22. The highest BCUT2D eigenvalue weighted by molar-refractivity contribution is 5.69. The topological polar surface area (TPSA) is 71.9 Å². The van der Waals surface area contributed by atoms with Gasteiger partial charge in [-0.25, -0.2) is 9.78 Å². The van der Waals surface area contributed by atoms with Gasteiger partial charge in [-0.05, 0) is 45.2 Å². The van der Waals surface area contributed by atoms with Gasteiger partial charge in [-0.3, -0.25) is 0 Å². The molecule has 2 atom stereocenters. The molecule has 1 amide bonds. The number of carbonyl (C=O) groups is 1. The van der Waals surface area contributed by atoms with E-state index in [9.17, 15) is 9.90 Å². The number of aliphatic hydroxyl groups excluding tert-OH is 1. The van der Waals surface area contributed by atoms with Crippen molar-refractivity contribution in [2.75, 3.05) is 13.2 Å². The minimum atomic E-state index is -0.722. The Morgan fingerprint density at radius 3 is 2.61 bits per heavy atom. The van der Waals surface area contributed by atoms with Crippen molar-refractivity contribution in [2.24, 2.45) is 0 Å². The zero-order valence-corrected chi connectivity index (χ0v) is 16.7. The smallest absolute Gasteiger partial charge is 0.410 e. The zero-order valence-electron chi connectivity index (χ0n) is 16.7. The highest BCUT2D eigenvalue weighted by Crippen LogP contribution is 2.24. The second kappa shape index (κ2) is 8.61. The fourth-order valence-corrected chi connectivity index (χ4v) is 3.22. The van der Waals surface area contributed by atoms with E-state index in [2.05, 4.69) is 4.98 Å². The van der Waals surface area contributed by atoms with Crippen LogP contribution in [0.25, 0.3) is 0 Å². The van der Waals surface area contributed by atoms with Crippen LogP contribution in [0, 0.1) is 0 Å². The maximum Gasteiger partial charge on any atom is 0.410 e. The lowest BCUT2D eigenvalue weighted by Gasteiger charge is -2.28. The van der Waals surface area contributed by atoms with E-state index in [1.54, 1.807) is 23.2 Å². The lowest BCUT2D eigenvalue weighted by atomic mass is 10.0. The van der Waals surface area contributed by atoms with E-state index in [-0.39, 0.29) is 12.1 Å². The summed E-state index contributed by atoms with van der Waals surface area (Å²) in [5.74, 6) is 0.472. The molecule has 1 aromatic carbocycles. The summed E-state index contributed by atoms with van der Waals surface area (Å²) < 4.78 is 11.3. The van der Waals surface area contributed by atoms with Crippen LogP contribution in [0.3, 0.4) is 0 Å². The summed E-state index contributed by atoms with van der Waals surface area (Å²) in [7, 11) is 0. The van der Waals surface area contributed by atoms with E-state index < -0.39 is 11.7 Å². The molecule has 0 bridgehead atoms. The minimum absolute atomic E-state index is 0.0220. The van der Waals surface area contributed by atoms with Gasteiger partial charge in [0.25, 0.3) is 0 Å². The summed E-state index contributed by atoms with van der Waals surface area (Å²) in [5.41, 5.74) is 1.01. The number of carbonyl (C=O) groups excluding carboxylic acids is 1. The van der Waals surface area contributed by atoms with Gasteiger partial charge < -0.3 is 19.5 Å². The lowest BCUT2D eigenvalue weighted by molar-refractivity contribution is 0.0185. The number of amides is 1.